The fourth-order valence-electron chi connectivity index (χ4n) is 1.98. The summed E-state index contributed by atoms with van der Waals surface area (Å²) in [6.07, 6.45) is 0.0939. The average Bonchev–Trinajstić information content (AvgIpc) is 2.93. The zero-order valence-corrected chi connectivity index (χ0v) is 16.6. The number of hydrogen-bond acceptors (Lipinski definition) is 4. The molecule has 0 bridgehead atoms. The second-order valence-electron chi connectivity index (χ2n) is 5.38. The zero-order valence-electron chi connectivity index (χ0n) is 13.4. The van der Waals surface area contributed by atoms with Crippen molar-refractivity contribution >= 4 is 43.2 Å². The SMILES string of the molecule is Cc1ccc(S(=O)(=O)NCCC(=O)NCc2ccc(Br)s2)cc1C. The average molecular weight is 431 g/mol. The molecule has 0 aliphatic carbocycles. The molecule has 0 saturated carbocycles. The van der Waals surface area contributed by atoms with Gasteiger partial charge in [-0.15, -0.1) is 11.3 Å². The lowest BCUT2D eigenvalue weighted by Crippen LogP contribution is -2.30. The van der Waals surface area contributed by atoms with Crippen LogP contribution in [-0.4, -0.2) is 20.9 Å². The van der Waals surface area contributed by atoms with Crippen molar-refractivity contribution in [3.05, 3.63) is 50.1 Å². The number of carbonyl (C=O) groups is 1. The molecule has 0 aliphatic rings. The third-order valence-electron chi connectivity index (χ3n) is 3.52. The number of benzene rings is 1. The van der Waals surface area contributed by atoms with E-state index in [0.717, 1.165) is 19.8 Å². The molecule has 1 aromatic carbocycles. The third kappa shape index (κ3) is 5.41. The van der Waals surface area contributed by atoms with E-state index in [-0.39, 0.29) is 23.8 Å². The van der Waals surface area contributed by atoms with Gasteiger partial charge in [0.2, 0.25) is 15.9 Å². The Balaban J connectivity index is 1.81. The van der Waals surface area contributed by atoms with Crippen molar-refractivity contribution in [2.24, 2.45) is 0 Å². The number of sulfonamides is 1. The van der Waals surface area contributed by atoms with Gasteiger partial charge in [-0.3, -0.25) is 4.79 Å². The number of thiophene rings is 1. The molecule has 8 heteroatoms. The van der Waals surface area contributed by atoms with Gasteiger partial charge in [0.15, 0.2) is 0 Å². The van der Waals surface area contributed by atoms with E-state index in [1.165, 1.54) is 0 Å². The Hall–Kier alpha value is -1.22. The number of nitrogens with one attached hydrogen (secondary N) is 2. The Morgan fingerprint density at radius 2 is 1.92 bits per heavy atom. The van der Waals surface area contributed by atoms with E-state index in [4.69, 9.17) is 0 Å². The van der Waals surface area contributed by atoms with Crippen LogP contribution in [0.5, 0.6) is 0 Å². The Kier molecular flexibility index (Phi) is 6.56. The lowest BCUT2D eigenvalue weighted by molar-refractivity contribution is -0.121. The van der Waals surface area contributed by atoms with Gasteiger partial charge < -0.3 is 5.32 Å². The molecule has 130 valence electrons. The Labute approximate surface area is 154 Å². The maximum Gasteiger partial charge on any atom is 0.240 e. The van der Waals surface area contributed by atoms with E-state index in [1.54, 1.807) is 29.5 Å². The van der Waals surface area contributed by atoms with Gasteiger partial charge in [0.1, 0.15) is 0 Å². The van der Waals surface area contributed by atoms with Gasteiger partial charge in [-0.25, -0.2) is 13.1 Å². The molecule has 5 nitrogen and oxygen atoms in total. The van der Waals surface area contributed by atoms with Crippen molar-refractivity contribution < 1.29 is 13.2 Å². The summed E-state index contributed by atoms with van der Waals surface area (Å²) in [7, 11) is -3.59. The highest BCUT2D eigenvalue weighted by molar-refractivity contribution is 9.11. The van der Waals surface area contributed by atoms with Crippen molar-refractivity contribution in [2.45, 2.75) is 31.7 Å². The molecule has 1 heterocycles. The Morgan fingerprint density at radius 3 is 2.54 bits per heavy atom. The fourth-order valence-corrected chi connectivity index (χ4v) is 4.52. The second kappa shape index (κ2) is 8.24. The van der Waals surface area contributed by atoms with Crippen LogP contribution in [0.4, 0.5) is 0 Å². The number of carbonyl (C=O) groups excluding carboxylic acids is 1. The van der Waals surface area contributed by atoms with Crippen molar-refractivity contribution in [3.8, 4) is 0 Å². The predicted octanol–water partition coefficient (Wildman–Crippen LogP) is 3.11. The van der Waals surface area contributed by atoms with Crippen molar-refractivity contribution in [2.75, 3.05) is 6.54 Å². The summed E-state index contributed by atoms with van der Waals surface area (Å²) in [5.41, 5.74) is 1.95. The molecule has 0 saturated heterocycles. The highest BCUT2D eigenvalue weighted by atomic mass is 79.9. The minimum atomic E-state index is -3.59. The van der Waals surface area contributed by atoms with Crippen LogP contribution in [0.2, 0.25) is 0 Å². The van der Waals surface area contributed by atoms with Crippen LogP contribution in [0.1, 0.15) is 22.4 Å². The maximum absolute atomic E-state index is 12.2. The molecular formula is C16H19BrN2O3S2. The summed E-state index contributed by atoms with van der Waals surface area (Å²) >= 11 is 4.91. The maximum atomic E-state index is 12.2. The van der Waals surface area contributed by atoms with Gasteiger partial charge in [0, 0.05) is 17.8 Å². The molecule has 0 spiro atoms. The van der Waals surface area contributed by atoms with Crippen LogP contribution >= 0.6 is 27.3 Å². The van der Waals surface area contributed by atoms with Crippen LogP contribution in [0.3, 0.4) is 0 Å². The van der Waals surface area contributed by atoms with Crippen LogP contribution in [0, 0.1) is 13.8 Å². The number of rotatable bonds is 7. The smallest absolute Gasteiger partial charge is 0.240 e. The standard InChI is InChI=1S/C16H19BrN2O3S2/c1-11-3-5-14(9-12(11)2)24(21,22)19-8-7-16(20)18-10-13-4-6-15(17)23-13/h3-6,9,19H,7-8,10H2,1-2H3,(H,18,20). The third-order valence-corrected chi connectivity index (χ3v) is 6.60. The molecule has 2 aromatic rings. The molecule has 0 radical (unpaired) electrons. The second-order valence-corrected chi connectivity index (χ2v) is 9.69. The Morgan fingerprint density at radius 1 is 1.17 bits per heavy atom. The first kappa shape index (κ1) is 19.1. The highest BCUT2D eigenvalue weighted by Gasteiger charge is 2.14. The van der Waals surface area contributed by atoms with Gasteiger partial charge in [-0.1, -0.05) is 6.07 Å². The van der Waals surface area contributed by atoms with Gasteiger partial charge in [0.25, 0.3) is 0 Å². The first-order chi connectivity index (χ1) is 11.3. The Bertz CT molecular complexity index is 832. The van der Waals surface area contributed by atoms with Crippen LogP contribution < -0.4 is 10.0 Å². The molecule has 0 fully saturated rings. The van der Waals surface area contributed by atoms with E-state index in [0.29, 0.717) is 6.54 Å². The number of hydrogen-bond donors (Lipinski definition) is 2. The monoisotopic (exact) mass is 430 g/mol. The number of halogens is 1. The summed E-state index contributed by atoms with van der Waals surface area (Å²) in [6.45, 7) is 4.30. The van der Waals surface area contributed by atoms with E-state index >= 15 is 0 Å². The summed E-state index contributed by atoms with van der Waals surface area (Å²) in [5.74, 6) is -0.192. The van der Waals surface area contributed by atoms with E-state index in [9.17, 15) is 13.2 Å². The van der Waals surface area contributed by atoms with Gasteiger partial charge in [0.05, 0.1) is 15.2 Å². The molecule has 0 aliphatic heterocycles. The van der Waals surface area contributed by atoms with Crippen LogP contribution in [0.15, 0.2) is 39.0 Å². The molecule has 2 N–H and O–H groups in total. The first-order valence-electron chi connectivity index (χ1n) is 7.36. The van der Waals surface area contributed by atoms with E-state index in [1.807, 2.05) is 26.0 Å². The van der Waals surface area contributed by atoms with Crippen LogP contribution in [0.25, 0.3) is 0 Å². The molecule has 1 amide bonds. The fraction of sp³-hybridized carbons (Fsp3) is 0.312. The largest absolute Gasteiger partial charge is 0.351 e. The summed E-state index contributed by atoms with van der Waals surface area (Å²) < 4.78 is 27.9. The van der Waals surface area contributed by atoms with Gasteiger partial charge in [-0.2, -0.15) is 0 Å². The lowest BCUT2D eigenvalue weighted by atomic mass is 10.1. The summed E-state index contributed by atoms with van der Waals surface area (Å²) in [4.78, 5) is 13.0. The normalized spacial score (nSPS) is 11.5. The minimum absolute atomic E-state index is 0.0647. The number of amides is 1. The molecule has 2 rings (SSSR count). The van der Waals surface area contributed by atoms with Gasteiger partial charge in [-0.05, 0) is 65.2 Å². The van der Waals surface area contributed by atoms with Crippen molar-refractivity contribution in [3.63, 3.8) is 0 Å². The van der Waals surface area contributed by atoms with E-state index in [2.05, 4.69) is 26.0 Å². The van der Waals surface area contributed by atoms with Crippen molar-refractivity contribution in [1.29, 1.82) is 0 Å². The molecule has 0 unspecified atom stereocenters. The van der Waals surface area contributed by atoms with E-state index < -0.39 is 10.0 Å². The molecule has 1 aromatic heterocycles. The van der Waals surface area contributed by atoms with Gasteiger partial charge >= 0.3 is 0 Å². The predicted molar refractivity (Wildman–Crippen MR) is 99.6 cm³/mol. The van der Waals surface area contributed by atoms with Crippen LogP contribution in [-0.2, 0) is 21.4 Å². The molecule has 24 heavy (non-hydrogen) atoms. The van der Waals surface area contributed by atoms with Crippen molar-refractivity contribution in [1.82, 2.24) is 10.0 Å². The first-order valence-corrected chi connectivity index (χ1v) is 10.4. The summed E-state index contributed by atoms with van der Waals surface area (Å²) in [5, 5.41) is 2.77. The molecule has 0 atom stereocenters. The number of aryl methyl sites for hydroxylation is 2. The highest BCUT2D eigenvalue weighted by Crippen LogP contribution is 2.21. The minimum Gasteiger partial charge on any atom is -0.351 e. The zero-order chi connectivity index (χ0) is 17.7. The summed E-state index contributed by atoms with van der Waals surface area (Å²) in [6, 6.07) is 8.82. The quantitative estimate of drug-likeness (QED) is 0.708. The topological polar surface area (TPSA) is 75.3 Å². The lowest BCUT2D eigenvalue weighted by Gasteiger charge is -2.09. The molecular weight excluding hydrogens is 412 g/mol.